The van der Waals surface area contributed by atoms with E-state index in [2.05, 4.69) is 115 Å². The van der Waals surface area contributed by atoms with Crippen LogP contribution in [0.1, 0.15) is 316 Å². The van der Waals surface area contributed by atoms with Gasteiger partial charge < -0.3 is 4.74 Å². The minimum Gasteiger partial charge on any atom is -0.484 e. The number of nitrogens with zero attached hydrogens (tertiary/aromatic N) is 18. The van der Waals surface area contributed by atoms with E-state index < -0.39 is 11.9 Å². The number of aromatic nitrogens is 18. The summed E-state index contributed by atoms with van der Waals surface area (Å²) in [6.45, 7) is 19.6. The maximum absolute atomic E-state index is 13.0. The number of carbonyl (C=O) groups excluding carboxylic acids is 6. The van der Waals surface area contributed by atoms with Crippen LogP contribution in [0.15, 0.2) is 133 Å². The van der Waals surface area contributed by atoms with Gasteiger partial charge in [0.1, 0.15) is 44.5 Å². The highest BCUT2D eigenvalue weighted by molar-refractivity contribution is 5.97. The molecule has 14 aromatic rings. The molecule has 12 heterocycles. The Hall–Kier alpha value is -13.4. The van der Waals surface area contributed by atoms with E-state index in [4.69, 9.17) is 4.74 Å². The third-order valence-electron chi connectivity index (χ3n) is 28.7. The lowest BCUT2D eigenvalue weighted by Gasteiger charge is -2.28. The molecule has 8 aliphatic rings. The molecule has 31 nitrogen and oxygen atoms in total. The van der Waals surface area contributed by atoms with Crippen molar-refractivity contribution in [3.05, 3.63) is 173 Å². The lowest BCUT2D eigenvalue weighted by molar-refractivity contribution is -0.141. The maximum Gasteiger partial charge on any atom is 0.433 e. The van der Waals surface area contributed by atoms with Crippen LogP contribution in [0.25, 0.3) is 67.0 Å². The van der Waals surface area contributed by atoms with Crippen molar-refractivity contribution < 1.29 is 46.7 Å². The first-order valence-electron chi connectivity index (χ1n) is 51.3. The molecule has 2 aromatic carbocycles. The van der Waals surface area contributed by atoms with Crippen molar-refractivity contribution >= 4 is 138 Å². The molecule has 12 aromatic heterocycles. The van der Waals surface area contributed by atoms with Crippen LogP contribution in [-0.4, -0.2) is 129 Å². The van der Waals surface area contributed by atoms with Crippen LogP contribution in [0.2, 0.25) is 0 Å². The summed E-state index contributed by atoms with van der Waals surface area (Å²) < 4.78 is 56.9. The standard InChI is InChI=1S/C20H22N4O.C19H23F3N4O.C19H20N4O2.C19H26N4O.C16H22N4O.C15H20N4O/c1-13-11-12-17-18(21-13)24(16-9-6-10-16)20(22-17)23-19(25)14(2)15-7-4-3-5-8-15;20-19(21,22)15-10-9-14-17(24-15)26(13-6-3-7-13)18(23-14)25-16(27)11-8-12-4-1-2-5-12;1-13-10-11-16-18(20-13)23(14-6-5-7-14)19(21-16)22-17(24)12-25-15-8-3-2-4-9-15;1-13-10-11-16-18(20-13)23(15-8-5-9-15)19(21-16)22-17(24)12-14-6-3-2-4-7-14;1-10(2)9-14(21)19-16-18-13-8-7-11(3)17-15(13)20(16)12-5-4-6-12;1-9(2)14(20)18-15-17-12-8-7-10(3)16-13(12)19(15)11-5-4-6-11/h3-5,7-8,11-12,14,16H,6,9-10H2,1-2H3,(H,22,23,25);9-10,12-13H,1-8,11H2,(H,23,25,27);2-4,8-11,14H,5-7,12H2,1H3,(H,21,22,24);10-11,14-15H,2-9,12H2,1H3,(H,21,22,24);7-8,10,12H,4-6,9H2,1-3H3,(H,18,19,21);7-9,11H,4-6H2,1-3H3,(H,17,18,20). The fourth-order valence-electron chi connectivity index (χ4n) is 19.3. The van der Waals surface area contributed by atoms with Crippen molar-refractivity contribution in [2.24, 2.45) is 23.7 Å². The number of amides is 6. The number of aryl methyl sites for hydroxylation is 5. The van der Waals surface area contributed by atoms with Crippen molar-refractivity contribution in [2.45, 2.75) is 317 Å². The molecule has 748 valence electrons. The number of para-hydroxylation sites is 1. The van der Waals surface area contributed by atoms with Gasteiger partial charge >= 0.3 is 6.18 Å². The first kappa shape index (κ1) is 100. The fraction of sp³-hybridized carbons (Fsp3) is 0.500. The summed E-state index contributed by atoms with van der Waals surface area (Å²) in [4.78, 5) is 128. The number of ether oxygens (including phenoxy) is 1. The molecule has 0 radical (unpaired) electrons. The van der Waals surface area contributed by atoms with Crippen molar-refractivity contribution in [1.29, 1.82) is 0 Å². The quantitative estimate of drug-likeness (QED) is 0.0309. The summed E-state index contributed by atoms with van der Waals surface area (Å²) >= 11 is 0. The third-order valence-corrected chi connectivity index (χ3v) is 28.7. The van der Waals surface area contributed by atoms with Gasteiger partial charge in [-0.25, -0.2) is 59.8 Å². The Kier molecular flexibility index (Phi) is 31.9. The van der Waals surface area contributed by atoms with Crippen molar-refractivity contribution in [1.82, 2.24) is 87.2 Å². The van der Waals surface area contributed by atoms with E-state index in [0.717, 1.165) is 186 Å². The van der Waals surface area contributed by atoms with Crippen molar-refractivity contribution in [3.8, 4) is 5.75 Å². The summed E-state index contributed by atoms with van der Waals surface area (Å²) in [7, 11) is 0. The van der Waals surface area contributed by atoms with Crippen LogP contribution in [0.5, 0.6) is 5.75 Å². The van der Waals surface area contributed by atoms with Crippen molar-refractivity contribution in [3.63, 3.8) is 0 Å². The number of carbonyl (C=O) groups is 6. The normalized spacial score (nSPS) is 16.6. The van der Waals surface area contributed by atoms with Gasteiger partial charge in [0.2, 0.25) is 65.2 Å². The first-order chi connectivity index (χ1) is 68.6. The summed E-state index contributed by atoms with van der Waals surface area (Å²) in [6.07, 6.45) is 29.0. The Morgan fingerprint density at radius 1 is 0.331 bits per heavy atom. The lowest BCUT2D eigenvalue weighted by Crippen LogP contribution is -2.25. The molecular weight excluding hydrogens is 1800 g/mol. The van der Waals surface area contributed by atoms with E-state index in [0.29, 0.717) is 114 Å². The minimum absolute atomic E-state index is 0.00222. The number of benzene rings is 2. The van der Waals surface area contributed by atoms with Crippen LogP contribution < -0.4 is 36.6 Å². The predicted molar refractivity (Wildman–Crippen MR) is 546 cm³/mol. The van der Waals surface area contributed by atoms with Gasteiger partial charge in [-0.1, -0.05) is 121 Å². The highest BCUT2D eigenvalue weighted by Gasteiger charge is 2.38. The number of hydrogen-bond acceptors (Lipinski definition) is 19. The molecule has 34 heteroatoms. The zero-order valence-corrected chi connectivity index (χ0v) is 83.2. The lowest BCUT2D eigenvalue weighted by atomic mass is 9.87. The highest BCUT2D eigenvalue weighted by atomic mass is 19.4. The second-order valence-electron chi connectivity index (χ2n) is 40.4. The Morgan fingerprint density at radius 2 is 0.641 bits per heavy atom. The molecule has 6 amide bonds. The number of pyridine rings is 6. The molecule has 0 saturated heterocycles. The number of alkyl halides is 3. The molecule has 1 atom stereocenters. The van der Waals surface area contributed by atoms with Gasteiger partial charge in [-0.15, -0.1) is 0 Å². The summed E-state index contributed by atoms with van der Waals surface area (Å²) in [6, 6.07) is 43.1. The molecule has 1 unspecified atom stereocenters. The summed E-state index contributed by atoms with van der Waals surface area (Å²) in [5.74, 6) is 5.07. The zero-order valence-electron chi connectivity index (χ0n) is 83.2. The third kappa shape index (κ3) is 24.1. The molecule has 0 spiro atoms. The van der Waals surface area contributed by atoms with Gasteiger partial charge in [0, 0.05) is 89.9 Å². The minimum atomic E-state index is -4.51. The Labute approximate surface area is 825 Å². The molecule has 8 saturated carbocycles. The molecule has 8 fully saturated rings. The van der Waals surface area contributed by atoms with Gasteiger partial charge in [0.05, 0.1) is 5.92 Å². The smallest absolute Gasteiger partial charge is 0.433 e. The number of rotatable bonds is 25. The van der Waals surface area contributed by atoms with Crippen LogP contribution in [-0.2, 0) is 34.9 Å². The summed E-state index contributed by atoms with van der Waals surface area (Å²) in [5.41, 5.74) is 14.1. The largest absolute Gasteiger partial charge is 0.484 e. The fourth-order valence-corrected chi connectivity index (χ4v) is 19.3. The number of imidazole rings is 6. The molecule has 6 N–H and O–H groups in total. The molecule has 8 aliphatic carbocycles. The second kappa shape index (κ2) is 45.2. The van der Waals surface area contributed by atoms with E-state index in [1.165, 1.54) is 96.0 Å². The first-order valence-corrected chi connectivity index (χ1v) is 51.3. The average molecular weight is 1940 g/mol. The van der Waals surface area contributed by atoms with Gasteiger partial charge in [-0.05, 0) is 285 Å². The number of halogens is 3. The Morgan fingerprint density at radius 3 is 0.986 bits per heavy atom. The van der Waals surface area contributed by atoms with Crippen LogP contribution in [0, 0.1) is 58.3 Å². The number of hydrogen-bond donors (Lipinski definition) is 6. The molecular formula is C108H133F3N24O7. The van der Waals surface area contributed by atoms with Gasteiger partial charge in [-0.3, -0.25) is 88.1 Å². The Balaban J connectivity index is 0.000000118. The molecule has 142 heavy (non-hydrogen) atoms. The molecule has 22 rings (SSSR count). The van der Waals surface area contributed by atoms with E-state index in [1.54, 1.807) is 4.57 Å². The van der Waals surface area contributed by atoms with E-state index in [1.807, 2.05) is 191 Å². The average Bonchev–Trinajstić information content (AvgIpc) is 1.69. The molecule has 0 bridgehead atoms. The van der Waals surface area contributed by atoms with E-state index in [-0.39, 0.29) is 65.6 Å². The number of nitrogens with one attached hydrogen (secondary N) is 6. The predicted octanol–water partition coefficient (Wildman–Crippen LogP) is 23.7. The maximum atomic E-state index is 13.0. The van der Waals surface area contributed by atoms with E-state index in [9.17, 15) is 41.9 Å². The van der Waals surface area contributed by atoms with Gasteiger partial charge in [0.15, 0.2) is 40.5 Å². The van der Waals surface area contributed by atoms with Gasteiger partial charge in [-0.2, -0.15) is 13.2 Å². The monoisotopic (exact) mass is 1940 g/mol. The Bertz CT molecular complexity index is 6800. The number of anilines is 6. The van der Waals surface area contributed by atoms with Crippen molar-refractivity contribution in [2.75, 3.05) is 38.5 Å². The summed E-state index contributed by atoms with van der Waals surface area (Å²) in [5, 5.41) is 17.8. The van der Waals surface area contributed by atoms with Crippen LogP contribution >= 0.6 is 0 Å². The highest BCUT2D eigenvalue weighted by Crippen LogP contribution is 2.45. The SMILES string of the molecule is Cc1ccc2nc(NC(=O)C(C)C)n(C3CCC3)c2n1.Cc1ccc2nc(NC(=O)C(C)c3ccccc3)n(C3CCC3)c2n1.Cc1ccc2nc(NC(=O)CC(C)C)n(C3CCC3)c2n1.Cc1ccc2nc(NC(=O)CC3CCCCC3)n(C3CCC3)c2n1.Cc1ccc2nc(NC(=O)COc3ccccc3)n(C3CCC3)c2n1.O=C(CCC1CCCC1)Nc1nc2ccc(C(F)(F)F)nc2n1C1CCC1. The van der Waals surface area contributed by atoms with Crippen LogP contribution in [0.4, 0.5) is 48.9 Å². The van der Waals surface area contributed by atoms with Gasteiger partial charge in [0.25, 0.3) is 5.91 Å². The number of fused-ring (bicyclic) bond motifs is 6. The topological polar surface area (TPSA) is 368 Å². The molecule has 0 aliphatic heterocycles. The van der Waals surface area contributed by atoms with E-state index >= 15 is 0 Å². The van der Waals surface area contributed by atoms with Crippen LogP contribution in [0.3, 0.4) is 0 Å². The second-order valence-corrected chi connectivity index (χ2v) is 40.4. The zero-order chi connectivity index (χ0) is 99.4.